The number of carbonyl (C=O) groups is 1. The van der Waals surface area contributed by atoms with Crippen molar-refractivity contribution >= 4 is 23.4 Å². The molecule has 1 heterocycles. The highest BCUT2D eigenvalue weighted by Crippen LogP contribution is 2.25. The Morgan fingerprint density at radius 3 is 2.59 bits per heavy atom. The number of benzene rings is 3. The molecule has 4 rings (SSSR count). The van der Waals surface area contributed by atoms with Crippen LogP contribution in [-0.4, -0.2) is 33.5 Å². The van der Waals surface area contributed by atoms with Gasteiger partial charge >= 0.3 is 0 Å². The summed E-state index contributed by atoms with van der Waals surface area (Å²) in [5.41, 5.74) is 3.98. The van der Waals surface area contributed by atoms with Crippen molar-refractivity contribution in [1.29, 1.82) is 0 Å². The van der Waals surface area contributed by atoms with Gasteiger partial charge in [-0.05, 0) is 42.3 Å². The van der Waals surface area contributed by atoms with Crippen LogP contribution in [-0.2, 0) is 11.2 Å². The van der Waals surface area contributed by atoms with Crippen molar-refractivity contribution in [2.24, 2.45) is 0 Å². The molecule has 0 saturated carbocycles. The van der Waals surface area contributed by atoms with Crippen molar-refractivity contribution in [1.82, 2.24) is 14.8 Å². The van der Waals surface area contributed by atoms with E-state index in [0.29, 0.717) is 23.0 Å². The maximum Gasteiger partial charge on any atom is 0.234 e. The predicted octanol–water partition coefficient (Wildman–Crippen LogP) is 4.91. The van der Waals surface area contributed by atoms with Crippen LogP contribution >= 0.6 is 11.8 Å². The standard InChI is InChI=1S/C25H24N4O2S/c1-18-8-6-12-21(14-18)29-23(15-19-9-4-3-5-10-19)27-28-25(29)32-17-24(30)26-20-11-7-13-22(16-20)31-2/h3-14,16H,15,17H2,1-2H3,(H,26,30). The lowest BCUT2D eigenvalue weighted by molar-refractivity contribution is -0.113. The molecule has 7 heteroatoms. The average molecular weight is 445 g/mol. The minimum Gasteiger partial charge on any atom is -0.497 e. The summed E-state index contributed by atoms with van der Waals surface area (Å²) < 4.78 is 7.24. The van der Waals surface area contributed by atoms with E-state index in [1.807, 2.05) is 53.1 Å². The molecular formula is C25H24N4O2S. The molecule has 0 radical (unpaired) electrons. The van der Waals surface area contributed by atoms with Crippen molar-refractivity contribution in [3.63, 3.8) is 0 Å². The fourth-order valence-electron chi connectivity index (χ4n) is 3.34. The Labute approximate surface area is 191 Å². The normalized spacial score (nSPS) is 10.7. The molecule has 32 heavy (non-hydrogen) atoms. The highest BCUT2D eigenvalue weighted by Gasteiger charge is 2.16. The molecule has 0 aliphatic carbocycles. The van der Waals surface area contributed by atoms with Gasteiger partial charge in [-0.3, -0.25) is 9.36 Å². The van der Waals surface area contributed by atoms with E-state index in [1.54, 1.807) is 13.2 Å². The number of aromatic nitrogens is 3. The Kier molecular flexibility index (Phi) is 6.87. The van der Waals surface area contributed by atoms with Gasteiger partial charge in [0.05, 0.1) is 12.9 Å². The number of hydrogen-bond donors (Lipinski definition) is 1. The summed E-state index contributed by atoms with van der Waals surface area (Å²) in [7, 11) is 1.60. The van der Waals surface area contributed by atoms with Gasteiger partial charge in [0.15, 0.2) is 5.16 Å². The van der Waals surface area contributed by atoms with Crippen molar-refractivity contribution in [2.75, 3.05) is 18.2 Å². The second-order valence-electron chi connectivity index (χ2n) is 7.30. The molecule has 1 N–H and O–H groups in total. The lowest BCUT2D eigenvalue weighted by Crippen LogP contribution is -2.14. The SMILES string of the molecule is COc1cccc(NC(=O)CSc2nnc(Cc3ccccc3)n2-c2cccc(C)c2)c1. The van der Waals surface area contributed by atoms with Crippen LogP contribution in [0.2, 0.25) is 0 Å². The Balaban J connectivity index is 1.54. The van der Waals surface area contributed by atoms with Crippen molar-refractivity contribution in [2.45, 2.75) is 18.5 Å². The van der Waals surface area contributed by atoms with Gasteiger partial charge in [0.2, 0.25) is 5.91 Å². The molecule has 0 spiro atoms. The number of carbonyl (C=O) groups excluding carboxylic acids is 1. The van der Waals surface area contributed by atoms with Gasteiger partial charge < -0.3 is 10.1 Å². The molecule has 0 bridgehead atoms. The van der Waals surface area contributed by atoms with Gasteiger partial charge in [-0.25, -0.2) is 0 Å². The lowest BCUT2D eigenvalue weighted by Gasteiger charge is -2.11. The smallest absolute Gasteiger partial charge is 0.234 e. The number of rotatable bonds is 8. The van der Waals surface area contributed by atoms with Gasteiger partial charge in [0.25, 0.3) is 0 Å². The Morgan fingerprint density at radius 2 is 1.81 bits per heavy atom. The second-order valence-corrected chi connectivity index (χ2v) is 8.25. The van der Waals surface area contributed by atoms with E-state index in [4.69, 9.17) is 4.74 Å². The lowest BCUT2D eigenvalue weighted by atomic mass is 10.1. The number of thioether (sulfide) groups is 1. The Hall–Kier alpha value is -3.58. The van der Waals surface area contributed by atoms with Gasteiger partial charge in [-0.1, -0.05) is 60.3 Å². The van der Waals surface area contributed by atoms with Gasteiger partial charge in [-0.15, -0.1) is 10.2 Å². The van der Waals surface area contributed by atoms with E-state index in [0.717, 1.165) is 22.6 Å². The third kappa shape index (κ3) is 5.36. The summed E-state index contributed by atoms with van der Waals surface area (Å²) in [6.07, 6.45) is 0.651. The minimum absolute atomic E-state index is 0.119. The first-order valence-electron chi connectivity index (χ1n) is 10.2. The summed E-state index contributed by atoms with van der Waals surface area (Å²) in [4.78, 5) is 12.6. The molecule has 0 atom stereocenters. The molecule has 0 aliphatic heterocycles. The van der Waals surface area contributed by atoms with Gasteiger partial charge in [-0.2, -0.15) is 0 Å². The first-order valence-corrected chi connectivity index (χ1v) is 11.2. The molecule has 0 aliphatic rings. The number of ether oxygens (including phenoxy) is 1. The fourth-order valence-corrected chi connectivity index (χ4v) is 4.11. The molecule has 4 aromatic rings. The third-order valence-corrected chi connectivity index (χ3v) is 5.78. The fraction of sp³-hybridized carbons (Fsp3) is 0.160. The quantitative estimate of drug-likeness (QED) is 0.391. The summed E-state index contributed by atoms with van der Waals surface area (Å²) in [6, 6.07) is 25.7. The molecule has 1 aromatic heterocycles. The number of nitrogens with one attached hydrogen (secondary N) is 1. The molecule has 0 unspecified atom stereocenters. The van der Waals surface area contributed by atoms with Crippen LogP contribution in [0.1, 0.15) is 17.0 Å². The van der Waals surface area contributed by atoms with E-state index in [2.05, 4.69) is 46.7 Å². The summed E-state index contributed by atoms with van der Waals surface area (Å²) in [5, 5.41) is 12.4. The predicted molar refractivity (Wildman–Crippen MR) is 128 cm³/mol. The molecule has 1 amide bonds. The Morgan fingerprint density at radius 1 is 1.00 bits per heavy atom. The zero-order valence-electron chi connectivity index (χ0n) is 18.0. The monoisotopic (exact) mass is 444 g/mol. The van der Waals surface area contributed by atoms with Crippen molar-refractivity contribution in [3.05, 3.63) is 95.8 Å². The molecule has 6 nitrogen and oxygen atoms in total. The van der Waals surface area contributed by atoms with Crippen LogP contribution in [0.5, 0.6) is 5.75 Å². The maximum atomic E-state index is 12.6. The third-order valence-electron chi connectivity index (χ3n) is 4.85. The summed E-state index contributed by atoms with van der Waals surface area (Å²) in [6.45, 7) is 2.05. The van der Waals surface area contributed by atoms with Crippen LogP contribution in [0.3, 0.4) is 0 Å². The first-order chi connectivity index (χ1) is 15.6. The second kappa shape index (κ2) is 10.2. The maximum absolute atomic E-state index is 12.6. The molecule has 3 aromatic carbocycles. The van der Waals surface area contributed by atoms with E-state index >= 15 is 0 Å². The first kappa shape index (κ1) is 21.6. The van der Waals surface area contributed by atoms with E-state index in [9.17, 15) is 4.79 Å². The average Bonchev–Trinajstić information content (AvgIpc) is 3.21. The molecule has 162 valence electrons. The number of amides is 1. The highest BCUT2D eigenvalue weighted by atomic mass is 32.2. The van der Waals surface area contributed by atoms with Crippen LogP contribution in [0.4, 0.5) is 5.69 Å². The zero-order chi connectivity index (χ0) is 22.3. The van der Waals surface area contributed by atoms with Crippen LogP contribution in [0, 0.1) is 6.92 Å². The van der Waals surface area contributed by atoms with Crippen molar-refractivity contribution in [3.8, 4) is 11.4 Å². The number of anilines is 1. The number of hydrogen-bond acceptors (Lipinski definition) is 5. The zero-order valence-corrected chi connectivity index (χ0v) is 18.8. The van der Waals surface area contributed by atoms with Gasteiger partial charge in [0, 0.05) is 23.9 Å². The largest absolute Gasteiger partial charge is 0.497 e. The molecular weight excluding hydrogens is 420 g/mol. The van der Waals surface area contributed by atoms with E-state index in [1.165, 1.54) is 11.8 Å². The van der Waals surface area contributed by atoms with E-state index in [-0.39, 0.29) is 11.7 Å². The highest BCUT2D eigenvalue weighted by molar-refractivity contribution is 7.99. The number of aryl methyl sites for hydroxylation is 1. The van der Waals surface area contributed by atoms with Crippen LogP contribution in [0.15, 0.2) is 84.0 Å². The van der Waals surface area contributed by atoms with Crippen LogP contribution in [0.25, 0.3) is 5.69 Å². The molecule has 0 saturated heterocycles. The van der Waals surface area contributed by atoms with Crippen molar-refractivity contribution < 1.29 is 9.53 Å². The summed E-state index contributed by atoms with van der Waals surface area (Å²) in [5.74, 6) is 1.62. The van der Waals surface area contributed by atoms with E-state index < -0.39 is 0 Å². The van der Waals surface area contributed by atoms with Crippen LogP contribution < -0.4 is 10.1 Å². The topological polar surface area (TPSA) is 69.0 Å². The number of methoxy groups -OCH3 is 1. The van der Waals surface area contributed by atoms with Gasteiger partial charge in [0.1, 0.15) is 11.6 Å². The summed E-state index contributed by atoms with van der Waals surface area (Å²) >= 11 is 1.36. The number of nitrogens with zero attached hydrogens (tertiary/aromatic N) is 3. The molecule has 0 fully saturated rings. The minimum atomic E-state index is -0.119. The Bertz CT molecular complexity index is 1210.